The average Bonchev–Trinajstić information content (AvgIpc) is 2.91. The lowest BCUT2D eigenvalue weighted by atomic mass is 10.2. The summed E-state index contributed by atoms with van der Waals surface area (Å²) in [6.45, 7) is 4.04. The predicted octanol–water partition coefficient (Wildman–Crippen LogP) is 1.89. The number of nitrogen functional groups attached to an aromatic ring is 1. The third-order valence-corrected chi connectivity index (χ3v) is 2.69. The van der Waals surface area contributed by atoms with E-state index in [1.807, 2.05) is 24.5 Å². The van der Waals surface area contributed by atoms with Crippen molar-refractivity contribution >= 4 is 5.69 Å². The number of rotatable bonds is 2. The van der Waals surface area contributed by atoms with Gasteiger partial charge in [0, 0.05) is 11.7 Å². The number of nitrogens with two attached hydrogens (primary N) is 1. The zero-order valence-corrected chi connectivity index (χ0v) is 8.66. The maximum Gasteiger partial charge on any atom is 0.274 e. The fraction of sp³-hybridized carbons (Fsp3) is 0.545. The quantitative estimate of drug-likeness (QED) is 0.777. The maximum atomic E-state index is 11.8. The van der Waals surface area contributed by atoms with Crippen LogP contribution in [0.5, 0.6) is 0 Å². The normalized spacial score (nSPS) is 16.2. The van der Waals surface area contributed by atoms with Gasteiger partial charge in [0.05, 0.1) is 5.69 Å². The highest BCUT2D eigenvalue weighted by Gasteiger charge is 2.27. The molecule has 1 aromatic rings. The van der Waals surface area contributed by atoms with Crippen molar-refractivity contribution in [2.75, 3.05) is 5.73 Å². The van der Waals surface area contributed by atoms with Crippen LogP contribution in [-0.4, -0.2) is 4.57 Å². The van der Waals surface area contributed by atoms with Crippen LogP contribution in [0.15, 0.2) is 16.9 Å². The predicted molar refractivity (Wildman–Crippen MR) is 57.5 cm³/mol. The van der Waals surface area contributed by atoms with Crippen LogP contribution in [0.2, 0.25) is 0 Å². The van der Waals surface area contributed by atoms with Crippen LogP contribution in [0.25, 0.3) is 0 Å². The van der Waals surface area contributed by atoms with E-state index in [4.69, 9.17) is 5.73 Å². The van der Waals surface area contributed by atoms with E-state index in [9.17, 15) is 4.79 Å². The van der Waals surface area contributed by atoms with Crippen molar-refractivity contribution in [2.45, 2.75) is 38.6 Å². The van der Waals surface area contributed by atoms with Gasteiger partial charge in [0.1, 0.15) is 0 Å². The van der Waals surface area contributed by atoms with E-state index < -0.39 is 0 Å². The molecule has 1 heterocycles. The highest BCUT2D eigenvalue weighted by Crippen LogP contribution is 2.40. The largest absolute Gasteiger partial charge is 0.394 e. The lowest BCUT2D eigenvalue weighted by Crippen LogP contribution is -2.26. The summed E-state index contributed by atoms with van der Waals surface area (Å²) >= 11 is 0. The number of hydrogen-bond donors (Lipinski definition) is 1. The Morgan fingerprint density at radius 2 is 2.07 bits per heavy atom. The van der Waals surface area contributed by atoms with Crippen molar-refractivity contribution in [1.29, 1.82) is 0 Å². The van der Waals surface area contributed by atoms with Crippen LogP contribution in [0, 0.1) is 0 Å². The summed E-state index contributed by atoms with van der Waals surface area (Å²) in [6.07, 6.45) is 2.41. The van der Waals surface area contributed by atoms with E-state index in [2.05, 4.69) is 0 Å². The van der Waals surface area contributed by atoms with Crippen LogP contribution >= 0.6 is 0 Å². The minimum absolute atomic E-state index is 0.0376. The summed E-state index contributed by atoms with van der Waals surface area (Å²) < 4.78 is 1.83. The Hall–Kier alpha value is -1.25. The number of anilines is 1. The van der Waals surface area contributed by atoms with Crippen LogP contribution in [0.3, 0.4) is 0 Å². The Kier molecular flexibility index (Phi) is 2.10. The fourth-order valence-electron chi connectivity index (χ4n) is 1.83. The monoisotopic (exact) mass is 192 g/mol. The number of nitrogens with zero attached hydrogens (tertiary/aromatic N) is 1. The lowest BCUT2D eigenvalue weighted by Gasteiger charge is -2.16. The molecule has 1 aliphatic carbocycles. The molecule has 0 saturated heterocycles. The summed E-state index contributed by atoms with van der Waals surface area (Å²) in [4.78, 5) is 11.8. The summed E-state index contributed by atoms with van der Waals surface area (Å²) in [5, 5.41) is 0. The molecule has 1 fully saturated rings. The van der Waals surface area contributed by atoms with Gasteiger partial charge in [0.25, 0.3) is 5.56 Å². The van der Waals surface area contributed by atoms with Crippen molar-refractivity contribution < 1.29 is 0 Å². The Balaban J connectivity index is 2.59. The van der Waals surface area contributed by atoms with Crippen molar-refractivity contribution in [1.82, 2.24) is 4.57 Å². The second-order valence-corrected chi connectivity index (χ2v) is 4.26. The number of aromatic nitrogens is 1. The van der Waals surface area contributed by atoms with Crippen molar-refractivity contribution in [3.05, 3.63) is 28.2 Å². The van der Waals surface area contributed by atoms with Crippen molar-refractivity contribution in [3.8, 4) is 0 Å². The van der Waals surface area contributed by atoms with E-state index in [1.165, 1.54) is 12.8 Å². The molecule has 3 nitrogen and oxygen atoms in total. The van der Waals surface area contributed by atoms with Gasteiger partial charge in [-0.25, -0.2) is 0 Å². The van der Waals surface area contributed by atoms with E-state index >= 15 is 0 Å². The SMILES string of the molecule is CC(C)n1c(C2CC2)ccc(N)c1=O. The molecule has 0 atom stereocenters. The van der Waals surface area contributed by atoms with Gasteiger partial charge >= 0.3 is 0 Å². The van der Waals surface area contributed by atoms with Gasteiger partial charge in [-0.1, -0.05) is 0 Å². The summed E-state index contributed by atoms with van der Waals surface area (Å²) in [7, 11) is 0. The molecule has 2 N–H and O–H groups in total. The Bertz CT molecular complexity index is 402. The Morgan fingerprint density at radius 1 is 1.43 bits per heavy atom. The van der Waals surface area contributed by atoms with Gasteiger partial charge in [-0.2, -0.15) is 0 Å². The van der Waals surface area contributed by atoms with E-state index in [0.717, 1.165) is 5.69 Å². The third-order valence-electron chi connectivity index (χ3n) is 2.69. The van der Waals surface area contributed by atoms with Crippen LogP contribution in [0.4, 0.5) is 5.69 Å². The van der Waals surface area contributed by atoms with Gasteiger partial charge in [-0.3, -0.25) is 4.79 Å². The molecule has 1 saturated carbocycles. The molecule has 0 unspecified atom stereocenters. The molecule has 0 spiro atoms. The summed E-state index contributed by atoms with van der Waals surface area (Å²) in [6, 6.07) is 3.92. The average molecular weight is 192 g/mol. The zero-order valence-electron chi connectivity index (χ0n) is 8.66. The highest BCUT2D eigenvalue weighted by molar-refractivity contribution is 5.37. The van der Waals surface area contributed by atoms with Crippen LogP contribution < -0.4 is 11.3 Å². The minimum Gasteiger partial charge on any atom is -0.394 e. The summed E-state index contributed by atoms with van der Waals surface area (Å²) in [5.74, 6) is 0.589. The van der Waals surface area contributed by atoms with Gasteiger partial charge in [0.15, 0.2) is 0 Å². The van der Waals surface area contributed by atoms with E-state index in [0.29, 0.717) is 11.6 Å². The van der Waals surface area contributed by atoms with Crippen molar-refractivity contribution in [2.24, 2.45) is 0 Å². The molecule has 0 radical (unpaired) electrons. The number of pyridine rings is 1. The Labute approximate surface area is 83.5 Å². The zero-order chi connectivity index (χ0) is 10.3. The fourth-order valence-corrected chi connectivity index (χ4v) is 1.83. The molecule has 1 aromatic heterocycles. The first kappa shape index (κ1) is 9.31. The second kappa shape index (κ2) is 3.15. The number of hydrogen-bond acceptors (Lipinski definition) is 2. The lowest BCUT2D eigenvalue weighted by molar-refractivity contribution is 0.552. The molecular weight excluding hydrogens is 176 g/mol. The molecular formula is C11H16N2O. The first-order chi connectivity index (χ1) is 6.61. The molecule has 0 bridgehead atoms. The smallest absolute Gasteiger partial charge is 0.274 e. The van der Waals surface area contributed by atoms with Crippen LogP contribution in [-0.2, 0) is 0 Å². The first-order valence-electron chi connectivity index (χ1n) is 5.12. The maximum absolute atomic E-state index is 11.8. The van der Waals surface area contributed by atoms with E-state index in [1.54, 1.807) is 6.07 Å². The van der Waals surface area contributed by atoms with Crippen molar-refractivity contribution in [3.63, 3.8) is 0 Å². The third kappa shape index (κ3) is 1.43. The minimum atomic E-state index is -0.0376. The molecule has 14 heavy (non-hydrogen) atoms. The molecule has 3 heteroatoms. The van der Waals surface area contributed by atoms with Gasteiger partial charge in [0.2, 0.25) is 0 Å². The molecule has 2 rings (SSSR count). The molecule has 0 aromatic carbocycles. The molecule has 0 aliphatic heterocycles. The molecule has 0 amide bonds. The first-order valence-corrected chi connectivity index (χ1v) is 5.12. The molecule has 76 valence electrons. The standard InChI is InChI=1S/C11H16N2O/c1-7(2)13-10(8-3-4-8)6-5-9(12)11(13)14/h5-8H,3-4,12H2,1-2H3. The van der Waals surface area contributed by atoms with E-state index in [-0.39, 0.29) is 11.6 Å². The summed E-state index contributed by atoms with van der Waals surface area (Å²) in [5.41, 5.74) is 7.08. The highest BCUT2D eigenvalue weighted by atomic mass is 16.1. The topological polar surface area (TPSA) is 48.0 Å². The Morgan fingerprint density at radius 3 is 2.57 bits per heavy atom. The second-order valence-electron chi connectivity index (χ2n) is 4.26. The van der Waals surface area contributed by atoms with Gasteiger partial charge < -0.3 is 10.3 Å². The molecule has 1 aliphatic rings. The van der Waals surface area contributed by atoms with Gasteiger partial charge in [-0.15, -0.1) is 0 Å². The van der Waals surface area contributed by atoms with Gasteiger partial charge in [-0.05, 0) is 44.7 Å². The van der Waals surface area contributed by atoms with Crippen LogP contribution in [0.1, 0.15) is 44.3 Å².